The molecule has 1 saturated heterocycles. The van der Waals surface area contributed by atoms with Crippen molar-refractivity contribution >= 4 is 16.6 Å². The summed E-state index contributed by atoms with van der Waals surface area (Å²) in [6.07, 6.45) is 12.4. The van der Waals surface area contributed by atoms with Crippen molar-refractivity contribution in [2.45, 2.75) is 167 Å². The smallest absolute Gasteiger partial charge is 0.192 e. The van der Waals surface area contributed by atoms with Gasteiger partial charge in [-0.2, -0.15) is 0 Å². The van der Waals surface area contributed by atoms with Crippen LogP contribution in [0.15, 0.2) is 11.6 Å². The Labute approximate surface area is 237 Å². The maximum Gasteiger partial charge on any atom is 0.192 e. The van der Waals surface area contributed by atoms with Gasteiger partial charge in [-0.25, -0.2) is 0 Å². The summed E-state index contributed by atoms with van der Waals surface area (Å²) in [5.41, 5.74) is 2.33. The van der Waals surface area contributed by atoms with E-state index in [1.807, 2.05) is 0 Å². The Morgan fingerprint density at radius 3 is 1.97 bits per heavy atom. The van der Waals surface area contributed by atoms with Crippen LogP contribution in [0.2, 0.25) is 36.3 Å². The number of rotatable bonds is 4. The molecule has 5 heteroatoms. The lowest BCUT2D eigenvalue weighted by Gasteiger charge is -2.61. The number of allylic oxidation sites excluding steroid dienone is 1. The number of epoxide rings is 1. The summed E-state index contributed by atoms with van der Waals surface area (Å²) in [5, 5.41) is 0.431. The van der Waals surface area contributed by atoms with E-state index in [0.29, 0.717) is 17.4 Å². The van der Waals surface area contributed by atoms with Crippen LogP contribution in [-0.4, -0.2) is 40.5 Å². The van der Waals surface area contributed by atoms with E-state index in [9.17, 15) is 0 Å². The van der Waals surface area contributed by atoms with Crippen LogP contribution in [0, 0.1) is 28.6 Å². The summed E-state index contributed by atoms with van der Waals surface area (Å²) in [6.45, 7) is 31.6. The molecular formula is C33H60O3Si2. The summed E-state index contributed by atoms with van der Waals surface area (Å²) in [7, 11) is -3.81. The van der Waals surface area contributed by atoms with E-state index in [4.69, 9.17) is 13.6 Å². The maximum atomic E-state index is 7.51. The molecule has 0 N–H and O–H groups in total. The van der Waals surface area contributed by atoms with Gasteiger partial charge in [0.25, 0.3) is 0 Å². The molecule has 3 saturated carbocycles. The Morgan fingerprint density at radius 1 is 0.868 bits per heavy atom. The van der Waals surface area contributed by atoms with E-state index in [2.05, 4.69) is 94.6 Å². The molecule has 0 aromatic heterocycles. The fraction of sp³-hybridized carbons (Fsp3) is 0.939. The fourth-order valence-corrected chi connectivity index (χ4v) is 12.0. The summed E-state index contributed by atoms with van der Waals surface area (Å²) in [4.78, 5) is 0. The zero-order chi connectivity index (χ0) is 28.3. The Bertz CT molecular complexity index is 974. The third kappa shape index (κ3) is 4.17. The molecule has 0 radical (unpaired) electrons. The monoisotopic (exact) mass is 560 g/mol. The van der Waals surface area contributed by atoms with Gasteiger partial charge < -0.3 is 13.6 Å². The lowest BCUT2D eigenvalue weighted by atomic mass is 9.46. The van der Waals surface area contributed by atoms with Crippen LogP contribution >= 0.6 is 0 Å². The van der Waals surface area contributed by atoms with Gasteiger partial charge >= 0.3 is 0 Å². The minimum absolute atomic E-state index is 0.124. The van der Waals surface area contributed by atoms with E-state index in [1.54, 1.807) is 5.57 Å². The third-order valence-corrected chi connectivity index (χ3v) is 22.8. The molecule has 9 atom stereocenters. The summed E-state index contributed by atoms with van der Waals surface area (Å²) in [5.74, 6) is 2.27. The normalized spacial score (nSPS) is 45.3. The number of fused-ring (bicyclic) bond motifs is 6. The molecule has 1 aliphatic heterocycles. The molecular weight excluding hydrogens is 501 g/mol. The van der Waals surface area contributed by atoms with Gasteiger partial charge in [-0.05, 0) is 106 Å². The SMILES string of the molecule is C[C@@H]1O[C@@]12CCC1C3CC=C4C[C@@H](O[Si](C)(C)C(C)(C)C)C[C@H](O[Si](C)(C)C(C)(C)C)[C@]4(C)C3CC[C@@]12C. The zero-order valence-corrected chi connectivity index (χ0v) is 29.2. The van der Waals surface area contributed by atoms with Gasteiger partial charge in [-0.3, -0.25) is 0 Å². The van der Waals surface area contributed by atoms with Crippen molar-refractivity contribution in [3.8, 4) is 0 Å². The van der Waals surface area contributed by atoms with E-state index >= 15 is 0 Å². The second kappa shape index (κ2) is 8.78. The van der Waals surface area contributed by atoms with Crippen LogP contribution in [0.1, 0.15) is 107 Å². The predicted octanol–water partition coefficient (Wildman–Crippen LogP) is 9.50. The Kier molecular flexibility index (Phi) is 6.83. The number of hydrogen-bond acceptors (Lipinski definition) is 3. The second-order valence-corrected chi connectivity index (χ2v) is 27.1. The van der Waals surface area contributed by atoms with Crippen molar-refractivity contribution in [3.05, 3.63) is 11.6 Å². The van der Waals surface area contributed by atoms with Gasteiger partial charge in [-0.1, -0.05) is 67.0 Å². The van der Waals surface area contributed by atoms with Crippen molar-refractivity contribution < 1.29 is 13.6 Å². The van der Waals surface area contributed by atoms with Gasteiger partial charge in [0.2, 0.25) is 0 Å². The molecule has 0 aromatic rings. The highest BCUT2D eigenvalue weighted by atomic mass is 28.4. The molecule has 4 aliphatic carbocycles. The molecule has 0 aromatic carbocycles. The highest BCUT2D eigenvalue weighted by Crippen LogP contribution is 2.72. The van der Waals surface area contributed by atoms with Crippen LogP contribution in [0.4, 0.5) is 0 Å². The Morgan fingerprint density at radius 2 is 1.42 bits per heavy atom. The van der Waals surface area contributed by atoms with E-state index in [0.717, 1.165) is 24.7 Å². The number of ether oxygens (including phenoxy) is 1. The van der Waals surface area contributed by atoms with Crippen LogP contribution in [0.5, 0.6) is 0 Å². The number of hydrogen-bond donors (Lipinski definition) is 0. The van der Waals surface area contributed by atoms with Crippen LogP contribution < -0.4 is 0 Å². The first-order chi connectivity index (χ1) is 17.2. The fourth-order valence-electron chi connectivity index (χ4n) is 9.22. The average molecular weight is 561 g/mol. The first-order valence-corrected chi connectivity index (χ1v) is 21.7. The molecule has 5 aliphatic rings. The third-order valence-electron chi connectivity index (χ3n) is 13.8. The van der Waals surface area contributed by atoms with Gasteiger partial charge in [0, 0.05) is 10.8 Å². The van der Waals surface area contributed by atoms with E-state index in [1.165, 1.54) is 32.1 Å². The average Bonchev–Trinajstić information content (AvgIpc) is 3.33. The minimum Gasteiger partial charge on any atom is -0.414 e. The van der Waals surface area contributed by atoms with Crippen molar-refractivity contribution in [2.24, 2.45) is 28.6 Å². The minimum atomic E-state index is -1.95. The highest BCUT2D eigenvalue weighted by molar-refractivity contribution is 6.74. The summed E-state index contributed by atoms with van der Waals surface area (Å²) >= 11 is 0. The van der Waals surface area contributed by atoms with Crippen molar-refractivity contribution in [1.82, 2.24) is 0 Å². The largest absolute Gasteiger partial charge is 0.414 e. The molecule has 4 fully saturated rings. The molecule has 3 unspecified atom stereocenters. The molecule has 0 bridgehead atoms. The highest BCUT2D eigenvalue weighted by Gasteiger charge is 2.73. The van der Waals surface area contributed by atoms with Crippen LogP contribution in [0.25, 0.3) is 0 Å². The molecule has 38 heavy (non-hydrogen) atoms. The molecule has 0 amide bonds. The lowest BCUT2D eigenvalue weighted by molar-refractivity contribution is -0.101. The topological polar surface area (TPSA) is 31.0 Å². The first-order valence-electron chi connectivity index (χ1n) is 15.9. The van der Waals surface area contributed by atoms with E-state index in [-0.39, 0.29) is 33.3 Å². The predicted molar refractivity (Wildman–Crippen MR) is 165 cm³/mol. The summed E-state index contributed by atoms with van der Waals surface area (Å²) < 4.78 is 21.1. The van der Waals surface area contributed by atoms with Gasteiger partial charge in [0.1, 0.15) is 5.60 Å². The lowest BCUT2D eigenvalue weighted by Crippen LogP contribution is -2.60. The second-order valence-electron chi connectivity index (χ2n) is 17.6. The first kappa shape index (κ1) is 29.5. The molecule has 3 nitrogen and oxygen atoms in total. The Balaban J connectivity index is 1.50. The van der Waals surface area contributed by atoms with Gasteiger partial charge in [-0.15, -0.1) is 0 Å². The summed E-state index contributed by atoms with van der Waals surface area (Å²) in [6, 6.07) is 0. The zero-order valence-electron chi connectivity index (χ0n) is 27.2. The van der Waals surface area contributed by atoms with Gasteiger partial charge in [0.05, 0.1) is 18.3 Å². The van der Waals surface area contributed by atoms with Crippen LogP contribution in [-0.2, 0) is 13.6 Å². The van der Waals surface area contributed by atoms with E-state index < -0.39 is 16.6 Å². The van der Waals surface area contributed by atoms with Crippen molar-refractivity contribution in [2.75, 3.05) is 0 Å². The van der Waals surface area contributed by atoms with Gasteiger partial charge in [0.15, 0.2) is 16.6 Å². The van der Waals surface area contributed by atoms with Crippen molar-refractivity contribution in [3.63, 3.8) is 0 Å². The molecule has 5 rings (SSSR count). The molecule has 218 valence electrons. The maximum absolute atomic E-state index is 7.51. The van der Waals surface area contributed by atoms with Crippen molar-refractivity contribution in [1.29, 1.82) is 0 Å². The quantitative estimate of drug-likeness (QED) is 0.195. The molecule has 1 heterocycles. The Hall–Kier alpha value is 0.0538. The molecule has 1 spiro atoms. The van der Waals surface area contributed by atoms with Crippen LogP contribution in [0.3, 0.4) is 0 Å². The standard InChI is InChI=1S/C33H60O3Si2/c1-22-33(34-22)19-17-26-25-15-14-23-20-24(35-37(10,11)29(2,3)4)21-28(36-38(12,13)30(5,6)7)32(23,9)27(25)16-18-31(26,33)8/h14,22,24-28H,15-21H2,1-13H3/t22-,24+,25?,26?,27?,28-,31-,32-,33-/m0/s1.